The van der Waals surface area contributed by atoms with Gasteiger partial charge in [-0.25, -0.2) is 8.78 Å². The molecule has 0 radical (unpaired) electrons. The smallest absolute Gasteiger partial charge is 0.280 e. The van der Waals surface area contributed by atoms with Gasteiger partial charge >= 0.3 is 0 Å². The van der Waals surface area contributed by atoms with E-state index in [0.717, 1.165) is 18.3 Å². The first kappa shape index (κ1) is 18.8. The molecule has 0 aromatic heterocycles. The Balaban J connectivity index is 1.89. The van der Waals surface area contributed by atoms with Gasteiger partial charge in [0.1, 0.15) is 5.71 Å². The number of hydrogen-bond donors (Lipinski definition) is 3. The number of halogens is 2. The molecule has 1 saturated carbocycles. The highest BCUT2D eigenvalue weighted by atomic mass is 19.3. The summed E-state index contributed by atoms with van der Waals surface area (Å²) in [6.07, 6.45) is -0.929. The number of nitrogens with zero attached hydrogens (tertiary/aromatic N) is 1. The van der Waals surface area contributed by atoms with Crippen LogP contribution in [0.4, 0.5) is 14.5 Å². The van der Waals surface area contributed by atoms with Crippen molar-refractivity contribution in [2.45, 2.75) is 51.2 Å². The molecule has 0 amide bonds. The van der Waals surface area contributed by atoms with Gasteiger partial charge < -0.3 is 15.7 Å². The predicted molar refractivity (Wildman–Crippen MR) is 100 cm³/mol. The zero-order valence-electron chi connectivity index (χ0n) is 15.3. The summed E-state index contributed by atoms with van der Waals surface area (Å²) in [6.45, 7) is 4.49. The maximum absolute atomic E-state index is 12.9. The summed E-state index contributed by atoms with van der Waals surface area (Å²) in [6, 6.07) is 5.97. The van der Waals surface area contributed by atoms with Crippen LogP contribution < -0.4 is 5.32 Å². The normalized spacial score (nSPS) is 25.5. The van der Waals surface area contributed by atoms with E-state index in [0.29, 0.717) is 23.7 Å². The second-order valence-corrected chi connectivity index (χ2v) is 7.52. The number of nitrogens with one attached hydrogen (secondary N) is 2. The van der Waals surface area contributed by atoms with Gasteiger partial charge in [0.15, 0.2) is 6.23 Å². The minimum atomic E-state index is -2.96. The molecule has 0 heterocycles. The molecule has 142 valence electrons. The Morgan fingerprint density at radius 1 is 1.31 bits per heavy atom. The standard InChI is InChI=1S/C20H26F2N3O/c1-10(2)16-12-7-8-13(16)17-11(12)5-4-6-15(17)25-20(26)14(9-24-3)18(23)19(21)22/h4-6,9-10,12-13,16,19-20,23,25-26H,7-8H2,1-3H3/q-1/b14-9+,23-18?. The van der Waals surface area contributed by atoms with Gasteiger partial charge in [-0.3, -0.25) is 5.41 Å². The van der Waals surface area contributed by atoms with Gasteiger partial charge in [-0.1, -0.05) is 26.0 Å². The molecule has 4 nitrogen and oxygen atoms in total. The Morgan fingerprint density at radius 2 is 2.00 bits per heavy atom. The van der Waals surface area contributed by atoms with Crippen molar-refractivity contribution in [1.82, 2.24) is 0 Å². The Morgan fingerprint density at radius 3 is 2.62 bits per heavy atom. The van der Waals surface area contributed by atoms with Crippen LogP contribution in [-0.4, -0.2) is 30.5 Å². The highest BCUT2D eigenvalue weighted by Crippen LogP contribution is 2.61. The van der Waals surface area contributed by atoms with Crippen molar-refractivity contribution in [2.75, 3.05) is 12.4 Å². The zero-order chi connectivity index (χ0) is 19.0. The number of hydrogen-bond acceptors (Lipinski definition) is 3. The van der Waals surface area contributed by atoms with Crippen molar-refractivity contribution in [2.24, 2.45) is 11.8 Å². The monoisotopic (exact) mass is 362 g/mol. The number of anilines is 1. The van der Waals surface area contributed by atoms with Gasteiger partial charge in [-0.2, -0.15) is 6.20 Å². The van der Waals surface area contributed by atoms with Crippen molar-refractivity contribution in [3.63, 3.8) is 0 Å². The van der Waals surface area contributed by atoms with Gasteiger partial charge in [-0.05, 0) is 53.7 Å². The van der Waals surface area contributed by atoms with E-state index in [-0.39, 0.29) is 5.57 Å². The number of aliphatic hydroxyl groups is 1. The van der Waals surface area contributed by atoms with Crippen molar-refractivity contribution in [1.29, 1.82) is 5.41 Å². The van der Waals surface area contributed by atoms with Gasteiger partial charge in [0.2, 0.25) is 0 Å². The van der Waals surface area contributed by atoms with Crippen LogP contribution in [0.25, 0.3) is 5.32 Å². The average molecular weight is 362 g/mol. The van der Waals surface area contributed by atoms with Crippen LogP contribution in [0.15, 0.2) is 30.0 Å². The van der Waals surface area contributed by atoms with Crippen LogP contribution in [0.5, 0.6) is 0 Å². The summed E-state index contributed by atoms with van der Waals surface area (Å²) in [5.74, 6) is 2.13. The molecule has 0 saturated heterocycles. The molecular formula is C20H26F2N3O-. The Bertz CT molecular complexity index is 717. The summed E-state index contributed by atoms with van der Waals surface area (Å²) in [4.78, 5) is 0. The van der Waals surface area contributed by atoms with Gasteiger partial charge in [0, 0.05) is 11.3 Å². The molecule has 0 aliphatic heterocycles. The van der Waals surface area contributed by atoms with E-state index in [2.05, 4.69) is 30.5 Å². The SMILES string of the molecule is C[N-]/C=C(\C(=N)C(F)F)C(O)Nc1cccc2c1C1CCC2C1C(C)C. The summed E-state index contributed by atoms with van der Waals surface area (Å²) >= 11 is 0. The number of rotatable bonds is 7. The van der Waals surface area contributed by atoms with E-state index in [9.17, 15) is 13.9 Å². The summed E-state index contributed by atoms with van der Waals surface area (Å²) in [5, 5.41) is 24.7. The lowest BCUT2D eigenvalue weighted by molar-refractivity contribution is 0.213. The van der Waals surface area contributed by atoms with E-state index in [1.165, 1.54) is 24.6 Å². The fraction of sp³-hybridized carbons (Fsp3) is 0.550. The van der Waals surface area contributed by atoms with Crippen molar-refractivity contribution in [3.8, 4) is 0 Å². The zero-order valence-corrected chi connectivity index (χ0v) is 15.3. The number of aliphatic hydroxyl groups excluding tert-OH is 1. The van der Waals surface area contributed by atoms with E-state index in [4.69, 9.17) is 5.41 Å². The molecular weight excluding hydrogens is 336 g/mol. The average Bonchev–Trinajstić information content (AvgIpc) is 3.16. The highest BCUT2D eigenvalue weighted by molar-refractivity contribution is 6.01. The van der Waals surface area contributed by atoms with Crippen molar-refractivity contribution >= 4 is 11.4 Å². The first-order chi connectivity index (χ1) is 12.4. The maximum atomic E-state index is 12.9. The molecule has 0 spiro atoms. The summed E-state index contributed by atoms with van der Waals surface area (Å²) < 4.78 is 25.9. The van der Waals surface area contributed by atoms with E-state index < -0.39 is 18.4 Å². The molecule has 2 aliphatic carbocycles. The summed E-state index contributed by atoms with van der Waals surface area (Å²) in [5.41, 5.74) is 2.18. The molecule has 6 heteroatoms. The second kappa shape index (κ2) is 7.35. The van der Waals surface area contributed by atoms with Crippen molar-refractivity contribution < 1.29 is 13.9 Å². The third kappa shape index (κ3) is 3.11. The van der Waals surface area contributed by atoms with E-state index in [1.54, 1.807) is 0 Å². The first-order valence-corrected chi connectivity index (χ1v) is 9.10. The molecule has 1 aromatic carbocycles. The fourth-order valence-corrected chi connectivity index (χ4v) is 4.88. The molecule has 4 unspecified atom stereocenters. The summed E-state index contributed by atoms with van der Waals surface area (Å²) in [7, 11) is 1.43. The molecule has 3 rings (SSSR count). The lowest BCUT2D eigenvalue weighted by Gasteiger charge is -2.25. The van der Waals surface area contributed by atoms with Crippen LogP contribution in [0.1, 0.15) is 49.7 Å². The third-order valence-electron chi connectivity index (χ3n) is 5.78. The minimum absolute atomic E-state index is 0.205. The molecule has 26 heavy (non-hydrogen) atoms. The van der Waals surface area contributed by atoms with Gasteiger partial charge in [-0.15, -0.1) is 7.05 Å². The maximum Gasteiger partial charge on any atom is 0.280 e. The minimum Gasteiger partial charge on any atom is -0.693 e. The first-order valence-electron chi connectivity index (χ1n) is 9.10. The fourth-order valence-electron chi connectivity index (χ4n) is 4.88. The number of benzene rings is 1. The Labute approximate surface area is 153 Å². The highest BCUT2D eigenvalue weighted by Gasteiger charge is 2.47. The van der Waals surface area contributed by atoms with Crippen LogP contribution in [0, 0.1) is 17.2 Å². The van der Waals surface area contributed by atoms with Crippen LogP contribution in [0.2, 0.25) is 0 Å². The molecule has 1 aromatic rings. The van der Waals surface area contributed by atoms with Crippen LogP contribution >= 0.6 is 0 Å². The number of alkyl halides is 2. The van der Waals surface area contributed by atoms with E-state index >= 15 is 0 Å². The van der Waals surface area contributed by atoms with Gasteiger partial charge in [0.25, 0.3) is 6.43 Å². The molecule has 2 bridgehead atoms. The van der Waals surface area contributed by atoms with Crippen LogP contribution in [-0.2, 0) is 0 Å². The number of fused-ring (bicyclic) bond motifs is 5. The van der Waals surface area contributed by atoms with Crippen LogP contribution in [0.3, 0.4) is 0 Å². The Kier molecular flexibility index (Phi) is 5.32. The largest absolute Gasteiger partial charge is 0.693 e. The second-order valence-electron chi connectivity index (χ2n) is 7.52. The topological polar surface area (TPSA) is 70.2 Å². The van der Waals surface area contributed by atoms with Gasteiger partial charge in [0.05, 0.1) is 0 Å². The molecule has 4 atom stereocenters. The van der Waals surface area contributed by atoms with Crippen molar-refractivity contribution in [3.05, 3.63) is 46.4 Å². The Hall–Kier alpha value is -1.95. The quantitative estimate of drug-likeness (QED) is 0.480. The molecule has 1 fully saturated rings. The van der Waals surface area contributed by atoms with E-state index in [1.807, 2.05) is 12.1 Å². The lowest BCUT2D eigenvalue weighted by atomic mass is 9.85. The lowest BCUT2D eigenvalue weighted by Crippen LogP contribution is -2.29. The third-order valence-corrected chi connectivity index (χ3v) is 5.78. The predicted octanol–water partition coefficient (Wildman–Crippen LogP) is 4.84. The molecule has 2 aliphatic rings. The molecule has 3 N–H and O–H groups in total.